The molecule has 1 fully saturated rings. The van der Waals surface area contributed by atoms with Crippen molar-refractivity contribution in [3.05, 3.63) is 66.4 Å². The van der Waals surface area contributed by atoms with Crippen molar-refractivity contribution in [3.63, 3.8) is 0 Å². The van der Waals surface area contributed by atoms with E-state index in [1.165, 1.54) is 12.8 Å². The topological polar surface area (TPSA) is 38.2 Å². The molecule has 0 spiro atoms. The molecule has 2 aromatic carbocycles. The number of anilines is 2. The molecule has 162 valence electrons. The summed E-state index contributed by atoms with van der Waals surface area (Å²) in [6.45, 7) is 0. The lowest BCUT2D eigenvalue weighted by Gasteiger charge is -2.20. The molecule has 0 unspecified atom stereocenters. The molecule has 4 rings (SSSR count). The Hall–Kier alpha value is -2.74. The fourth-order valence-corrected chi connectivity index (χ4v) is 4.38. The van der Waals surface area contributed by atoms with Crippen LogP contribution < -0.4 is 9.64 Å². The van der Waals surface area contributed by atoms with Crippen LogP contribution in [0.2, 0.25) is 0 Å². The molecular weight excluding hydrogens is 423 g/mol. The number of nitrogens with zero attached hydrogens (tertiary/aromatic N) is 3. The molecule has 1 aliphatic rings. The van der Waals surface area contributed by atoms with Crippen molar-refractivity contribution in [2.24, 2.45) is 0 Å². The van der Waals surface area contributed by atoms with E-state index in [0.717, 1.165) is 42.2 Å². The van der Waals surface area contributed by atoms with Gasteiger partial charge >= 0.3 is 6.18 Å². The van der Waals surface area contributed by atoms with Gasteiger partial charge in [-0.05, 0) is 62.1 Å². The number of ether oxygens (including phenoxy) is 1. The van der Waals surface area contributed by atoms with E-state index in [4.69, 9.17) is 4.74 Å². The highest BCUT2D eigenvalue weighted by molar-refractivity contribution is 7.99. The molecule has 4 nitrogen and oxygen atoms in total. The first kappa shape index (κ1) is 21.5. The van der Waals surface area contributed by atoms with Gasteiger partial charge in [-0.2, -0.15) is 13.2 Å². The van der Waals surface area contributed by atoms with E-state index < -0.39 is 11.7 Å². The van der Waals surface area contributed by atoms with E-state index in [2.05, 4.69) is 9.97 Å². The Labute approximate surface area is 183 Å². The SMILES string of the molecule is CN(c1ccc(OC2CCCC2)cc1)c1ncc(C(F)(F)F)c(Sc2ccccc2)n1. The van der Waals surface area contributed by atoms with Gasteiger partial charge in [-0.15, -0.1) is 0 Å². The second-order valence-electron chi connectivity index (χ2n) is 7.38. The van der Waals surface area contributed by atoms with Gasteiger partial charge in [-0.1, -0.05) is 30.0 Å². The average molecular weight is 446 g/mol. The number of aromatic nitrogens is 2. The molecule has 1 saturated carbocycles. The molecule has 0 radical (unpaired) electrons. The summed E-state index contributed by atoms with van der Waals surface area (Å²) in [6.07, 6.45) is 1.11. The second kappa shape index (κ2) is 9.18. The summed E-state index contributed by atoms with van der Waals surface area (Å²) in [5.74, 6) is 0.980. The van der Waals surface area contributed by atoms with Crippen molar-refractivity contribution in [2.45, 2.75) is 47.9 Å². The van der Waals surface area contributed by atoms with Crippen molar-refractivity contribution in [1.29, 1.82) is 0 Å². The molecule has 0 amide bonds. The van der Waals surface area contributed by atoms with Crippen LogP contribution in [-0.4, -0.2) is 23.1 Å². The van der Waals surface area contributed by atoms with Gasteiger partial charge in [0.25, 0.3) is 0 Å². The number of hydrogen-bond donors (Lipinski definition) is 0. The minimum atomic E-state index is -4.53. The summed E-state index contributed by atoms with van der Waals surface area (Å²) in [7, 11) is 1.73. The van der Waals surface area contributed by atoms with E-state index >= 15 is 0 Å². The lowest BCUT2D eigenvalue weighted by Crippen LogP contribution is -2.16. The van der Waals surface area contributed by atoms with E-state index in [1.807, 2.05) is 30.3 Å². The lowest BCUT2D eigenvalue weighted by molar-refractivity contribution is -0.140. The van der Waals surface area contributed by atoms with Crippen LogP contribution in [0.1, 0.15) is 31.2 Å². The number of benzene rings is 2. The fourth-order valence-electron chi connectivity index (χ4n) is 3.45. The molecule has 0 aliphatic heterocycles. The summed E-state index contributed by atoms with van der Waals surface area (Å²) in [4.78, 5) is 10.6. The third-order valence-corrected chi connectivity index (χ3v) is 6.15. The molecule has 3 aromatic rings. The Morgan fingerprint density at radius 2 is 1.68 bits per heavy atom. The number of rotatable bonds is 6. The maximum absolute atomic E-state index is 13.5. The zero-order chi connectivity index (χ0) is 21.8. The van der Waals surface area contributed by atoms with Crippen LogP contribution in [0.5, 0.6) is 5.75 Å². The van der Waals surface area contributed by atoms with Crippen LogP contribution in [0.25, 0.3) is 0 Å². The fraction of sp³-hybridized carbons (Fsp3) is 0.304. The van der Waals surface area contributed by atoms with Gasteiger partial charge < -0.3 is 9.64 Å². The molecule has 8 heteroatoms. The number of hydrogen-bond acceptors (Lipinski definition) is 5. The van der Waals surface area contributed by atoms with Crippen LogP contribution in [0.4, 0.5) is 24.8 Å². The maximum atomic E-state index is 13.5. The van der Waals surface area contributed by atoms with Gasteiger partial charge in [0, 0.05) is 23.8 Å². The Balaban J connectivity index is 1.57. The molecule has 1 aliphatic carbocycles. The van der Waals surface area contributed by atoms with Crippen molar-refractivity contribution >= 4 is 23.4 Å². The molecule has 0 atom stereocenters. The van der Waals surface area contributed by atoms with Crippen LogP contribution >= 0.6 is 11.8 Å². The van der Waals surface area contributed by atoms with Crippen molar-refractivity contribution in [2.75, 3.05) is 11.9 Å². The quantitative estimate of drug-likeness (QED) is 0.393. The highest BCUT2D eigenvalue weighted by Crippen LogP contribution is 2.39. The summed E-state index contributed by atoms with van der Waals surface area (Å²) in [5, 5.41) is -0.128. The predicted molar refractivity (Wildman–Crippen MR) is 115 cm³/mol. The van der Waals surface area contributed by atoms with E-state index in [-0.39, 0.29) is 17.1 Å². The van der Waals surface area contributed by atoms with Crippen LogP contribution in [0.3, 0.4) is 0 Å². The normalized spacial score (nSPS) is 14.6. The monoisotopic (exact) mass is 445 g/mol. The first-order valence-electron chi connectivity index (χ1n) is 10.1. The lowest BCUT2D eigenvalue weighted by atomic mass is 10.2. The third-order valence-electron chi connectivity index (χ3n) is 5.13. The van der Waals surface area contributed by atoms with Gasteiger partial charge in [-0.3, -0.25) is 0 Å². The van der Waals surface area contributed by atoms with E-state index in [0.29, 0.717) is 4.90 Å². The smallest absolute Gasteiger partial charge is 0.420 e. The minimum absolute atomic E-state index is 0.128. The Bertz CT molecular complexity index is 1010. The van der Waals surface area contributed by atoms with Gasteiger partial charge in [0.05, 0.1) is 6.10 Å². The molecule has 0 saturated heterocycles. The van der Waals surface area contributed by atoms with Crippen LogP contribution in [0, 0.1) is 0 Å². The van der Waals surface area contributed by atoms with Crippen molar-refractivity contribution in [3.8, 4) is 5.75 Å². The minimum Gasteiger partial charge on any atom is -0.490 e. The van der Waals surface area contributed by atoms with E-state index in [1.54, 1.807) is 36.2 Å². The van der Waals surface area contributed by atoms with Gasteiger partial charge in [0.15, 0.2) is 0 Å². The van der Waals surface area contributed by atoms with Crippen LogP contribution in [0.15, 0.2) is 70.7 Å². The Morgan fingerprint density at radius 1 is 1.00 bits per heavy atom. The molecular formula is C23H22F3N3OS. The zero-order valence-corrected chi connectivity index (χ0v) is 17.8. The largest absolute Gasteiger partial charge is 0.490 e. The Morgan fingerprint density at radius 3 is 2.32 bits per heavy atom. The van der Waals surface area contributed by atoms with Gasteiger partial charge in [0.1, 0.15) is 16.3 Å². The van der Waals surface area contributed by atoms with Crippen LogP contribution in [-0.2, 0) is 6.18 Å². The first-order valence-corrected chi connectivity index (χ1v) is 10.9. The summed E-state index contributed by atoms with van der Waals surface area (Å²) >= 11 is 0.970. The van der Waals surface area contributed by atoms with Gasteiger partial charge in [0.2, 0.25) is 5.95 Å². The second-order valence-corrected chi connectivity index (χ2v) is 8.44. The number of halogens is 3. The average Bonchev–Trinajstić information content (AvgIpc) is 3.27. The third kappa shape index (κ3) is 5.31. The maximum Gasteiger partial charge on any atom is 0.420 e. The molecule has 0 bridgehead atoms. The molecule has 31 heavy (non-hydrogen) atoms. The predicted octanol–water partition coefficient (Wildman–Crippen LogP) is 6.74. The highest BCUT2D eigenvalue weighted by Gasteiger charge is 2.35. The Kier molecular flexibility index (Phi) is 6.36. The molecule has 0 N–H and O–H groups in total. The number of alkyl halides is 3. The van der Waals surface area contributed by atoms with Crippen molar-refractivity contribution in [1.82, 2.24) is 9.97 Å². The van der Waals surface area contributed by atoms with Gasteiger partial charge in [-0.25, -0.2) is 9.97 Å². The highest BCUT2D eigenvalue weighted by atomic mass is 32.2. The summed E-state index contributed by atoms with van der Waals surface area (Å²) < 4.78 is 46.5. The summed E-state index contributed by atoms with van der Waals surface area (Å²) in [6, 6.07) is 16.3. The molecule has 1 aromatic heterocycles. The zero-order valence-electron chi connectivity index (χ0n) is 17.0. The summed E-state index contributed by atoms with van der Waals surface area (Å²) in [5.41, 5.74) is -0.0898. The standard InChI is InChI=1S/C23H22F3N3OS/c1-29(16-11-13-18(14-12-16)30-17-7-5-6-8-17)22-27-15-20(23(24,25)26)21(28-22)31-19-9-3-2-4-10-19/h2-4,9-15,17H,5-8H2,1H3. The molecule has 1 heterocycles. The van der Waals surface area contributed by atoms with E-state index in [9.17, 15) is 13.2 Å². The van der Waals surface area contributed by atoms with Crippen molar-refractivity contribution < 1.29 is 17.9 Å². The first-order chi connectivity index (χ1) is 14.9.